The quantitative estimate of drug-likeness (QED) is 0.876. The molecule has 19 heavy (non-hydrogen) atoms. The second kappa shape index (κ2) is 5.54. The number of fused-ring (bicyclic) bond motifs is 1. The monoisotopic (exact) mass is 258 g/mol. The normalized spacial score (nSPS) is 28.8. The van der Waals surface area contributed by atoms with Crippen molar-refractivity contribution >= 4 is 5.69 Å². The highest BCUT2D eigenvalue weighted by atomic mass is 15.1. The lowest BCUT2D eigenvalue weighted by Gasteiger charge is -2.43. The van der Waals surface area contributed by atoms with Crippen molar-refractivity contribution in [2.75, 3.05) is 18.0 Å². The molecule has 1 saturated heterocycles. The van der Waals surface area contributed by atoms with Gasteiger partial charge in [-0.3, -0.25) is 0 Å². The summed E-state index contributed by atoms with van der Waals surface area (Å²) >= 11 is 0. The lowest BCUT2D eigenvalue weighted by molar-refractivity contribution is 0.202. The maximum Gasteiger partial charge on any atom is 0.0414 e. The van der Waals surface area contributed by atoms with Crippen LogP contribution in [0.3, 0.4) is 0 Å². The van der Waals surface area contributed by atoms with Crippen molar-refractivity contribution in [2.45, 2.75) is 45.1 Å². The maximum atomic E-state index is 6.13. The predicted molar refractivity (Wildman–Crippen MR) is 81.3 cm³/mol. The van der Waals surface area contributed by atoms with Gasteiger partial charge in [0.05, 0.1) is 0 Å². The third-order valence-electron chi connectivity index (χ3n) is 5.06. The van der Waals surface area contributed by atoms with Gasteiger partial charge >= 0.3 is 0 Å². The highest BCUT2D eigenvalue weighted by Crippen LogP contribution is 2.38. The summed E-state index contributed by atoms with van der Waals surface area (Å²) in [5.41, 5.74) is 8.81. The molecule has 2 fully saturated rings. The lowest BCUT2D eigenvalue weighted by Crippen LogP contribution is -2.42. The summed E-state index contributed by atoms with van der Waals surface area (Å²) in [6.45, 7) is 4.55. The van der Waals surface area contributed by atoms with Crippen LogP contribution in [0, 0.1) is 11.8 Å². The Morgan fingerprint density at radius 1 is 1.11 bits per heavy atom. The Hall–Kier alpha value is -1.02. The van der Waals surface area contributed by atoms with Gasteiger partial charge in [-0.1, -0.05) is 37.5 Å². The first kappa shape index (κ1) is 13.0. The zero-order valence-corrected chi connectivity index (χ0v) is 12.0. The molecule has 2 N–H and O–H groups in total. The van der Waals surface area contributed by atoms with Crippen LogP contribution >= 0.6 is 0 Å². The van der Waals surface area contributed by atoms with E-state index in [1.807, 2.05) is 0 Å². The number of benzene rings is 1. The maximum absolute atomic E-state index is 6.13. The van der Waals surface area contributed by atoms with E-state index in [1.54, 1.807) is 0 Å². The number of nitrogens with zero attached hydrogens (tertiary/aromatic N) is 1. The van der Waals surface area contributed by atoms with Crippen molar-refractivity contribution in [1.82, 2.24) is 0 Å². The Balaban J connectivity index is 1.79. The summed E-state index contributed by atoms with van der Waals surface area (Å²) in [4.78, 5) is 2.59. The van der Waals surface area contributed by atoms with Crippen molar-refractivity contribution in [3.63, 3.8) is 0 Å². The summed E-state index contributed by atoms with van der Waals surface area (Å²) in [6, 6.07) is 8.82. The van der Waals surface area contributed by atoms with Crippen LogP contribution in [0.1, 0.15) is 50.6 Å². The van der Waals surface area contributed by atoms with Crippen molar-refractivity contribution < 1.29 is 0 Å². The largest absolute Gasteiger partial charge is 0.371 e. The fourth-order valence-electron chi connectivity index (χ4n) is 3.98. The molecule has 104 valence electrons. The van der Waals surface area contributed by atoms with Crippen molar-refractivity contribution in [3.05, 3.63) is 29.8 Å². The summed E-state index contributed by atoms with van der Waals surface area (Å²) in [7, 11) is 0. The molecule has 1 saturated carbocycles. The smallest absolute Gasteiger partial charge is 0.0414 e. The molecule has 0 spiro atoms. The van der Waals surface area contributed by atoms with Crippen LogP contribution in [0.5, 0.6) is 0 Å². The summed E-state index contributed by atoms with van der Waals surface area (Å²) in [5.74, 6) is 1.91. The number of anilines is 1. The lowest BCUT2D eigenvalue weighted by atomic mass is 9.75. The number of rotatable bonds is 2. The molecule has 2 nitrogen and oxygen atoms in total. The first-order chi connectivity index (χ1) is 9.25. The van der Waals surface area contributed by atoms with E-state index in [4.69, 9.17) is 5.73 Å². The molecule has 0 aromatic heterocycles. The molecule has 1 aliphatic heterocycles. The van der Waals surface area contributed by atoms with Gasteiger partial charge in [-0.2, -0.15) is 0 Å². The fraction of sp³-hybridized carbons (Fsp3) is 0.647. The molecule has 3 unspecified atom stereocenters. The van der Waals surface area contributed by atoms with Gasteiger partial charge in [-0.05, 0) is 43.2 Å². The number of nitrogens with two attached hydrogens (primary N) is 1. The molecule has 1 aromatic carbocycles. The number of piperidine rings is 1. The molecule has 0 radical (unpaired) electrons. The first-order valence-corrected chi connectivity index (χ1v) is 7.85. The average molecular weight is 258 g/mol. The Labute approximate surface area is 117 Å². The van der Waals surface area contributed by atoms with E-state index in [2.05, 4.69) is 36.1 Å². The zero-order chi connectivity index (χ0) is 13.2. The third-order valence-corrected chi connectivity index (χ3v) is 5.06. The first-order valence-electron chi connectivity index (χ1n) is 7.85. The van der Waals surface area contributed by atoms with Gasteiger partial charge in [0.25, 0.3) is 0 Å². The minimum absolute atomic E-state index is 0.125. The van der Waals surface area contributed by atoms with Crippen LogP contribution in [0.4, 0.5) is 5.69 Å². The second-order valence-corrected chi connectivity index (χ2v) is 6.39. The van der Waals surface area contributed by atoms with Gasteiger partial charge in [-0.25, -0.2) is 0 Å². The predicted octanol–water partition coefficient (Wildman–Crippen LogP) is 3.72. The number of hydrogen-bond donors (Lipinski definition) is 1. The molecule has 1 heterocycles. The highest BCUT2D eigenvalue weighted by molar-refractivity contribution is 5.55. The molecule has 0 amide bonds. The molecule has 0 bridgehead atoms. The van der Waals surface area contributed by atoms with Gasteiger partial charge in [0.2, 0.25) is 0 Å². The van der Waals surface area contributed by atoms with Crippen LogP contribution < -0.4 is 10.6 Å². The third kappa shape index (κ3) is 2.64. The molecule has 1 aliphatic carbocycles. The van der Waals surface area contributed by atoms with Gasteiger partial charge in [0.15, 0.2) is 0 Å². The van der Waals surface area contributed by atoms with Gasteiger partial charge < -0.3 is 10.6 Å². The van der Waals surface area contributed by atoms with Crippen molar-refractivity contribution in [2.24, 2.45) is 17.6 Å². The van der Waals surface area contributed by atoms with Crippen molar-refractivity contribution in [3.8, 4) is 0 Å². The molecular weight excluding hydrogens is 232 g/mol. The van der Waals surface area contributed by atoms with Gasteiger partial charge in [0, 0.05) is 24.8 Å². The van der Waals surface area contributed by atoms with Crippen LogP contribution in [0.15, 0.2) is 24.3 Å². The number of hydrogen-bond acceptors (Lipinski definition) is 2. The topological polar surface area (TPSA) is 29.3 Å². The summed E-state index contributed by atoms with van der Waals surface area (Å²) in [6.07, 6.45) is 7.16. The van der Waals surface area contributed by atoms with E-state index in [0.717, 1.165) is 11.8 Å². The summed E-state index contributed by atoms with van der Waals surface area (Å²) in [5, 5.41) is 0. The minimum Gasteiger partial charge on any atom is -0.371 e. The van der Waals surface area contributed by atoms with Crippen LogP contribution in [-0.2, 0) is 0 Å². The van der Waals surface area contributed by atoms with E-state index in [9.17, 15) is 0 Å². The van der Waals surface area contributed by atoms with E-state index >= 15 is 0 Å². The Morgan fingerprint density at radius 2 is 1.84 bits per heavy atom. The van der Waals surface area contributed by atoms with Gasteiger partial charge in [-0.15, -0.1) is 0 Å². The van der Waals surface area contributed by atoms with E-state index in [-0.39, 0.29) is 6.04 Å². The molecule has 1 aromatic rings. The molecule has 3 rings (SSSR count). The fourth-order valence-corrected chi connectivity index (χ4v) is 3.98. The molecular formula is C17H26N2. The standard InChI is InChI=1S/C17H26N2/c1-13(18)16-8-4-5-9-17(16)19-11-10-14-6-2-3-7-15(14)12-19/h4-5,8-9,13-15H,2-3,6-7,10-12,18H2,1H3. The van der Waals surface area contributed by atoms with Crippen molar-refractivity contribution in [1.29, 1.82) is 0 Å². The Kier molecular flexibility index (Phi) is 3.79. The highest BCUT2D eigenvalue weighted by Gasteiger charge is 2.31. The number of para-hydroxylation sites is 1. The SMILES string of the molecule is CC(N)c1ccccc1N1CCC2CCCCC2C1. The van der Waals surface area contributed by atoms with E-state index in [0.29, 0.717) is 0 Å². The molecule has 3 atom stereocenters. The van der Waals surface area contributed by atoms with E-state index in [1.165, 1.54) is 56.4 Å². The van der Waals surface area contributed by atoms with Crippen LogP contribution in [0.25, 0.3) is 0 Å². The Morgan fingerprint density at radius 3 is 2.63 bits per heavy atom. The van der Waals surface area contributed by atoms with E-state index < -0.39 is 0 Å². The molecule has 2 aliphatic rings. The van der Waals surface area contributed by atoms with Gasteiger partial charge in [0.1, 0.15) is 0 Å². The molecule has 2 heteroatoms. The van der Waals surface area contributed by atoms with Crippen LogP contribution in [0.2, 0.25) is 0 Å². The zero-order valence-electron chi connectivity index (χ0n) is 12.0. The average Bonchev–Trinajstić information content (AvgIpc) is 2.46. The van der Waals surface area contributed by atoms with Crippen LogP contribution in [-0.4, -0.2) is 13.1 Å². The minimum atomic E-state index is 0.125. The second-order valence-electron chi connectivity index (χ2n) is 6.39. The Bertz CT molecular complexity index is 427. The summed E-state index contributed by atoms with van der Waals surface area (Å²) < 4.78 is 0.